The first-order chi connectivity index (χ1) is 7.02. The molecule has 0 aliphatic heterocycles. The van der Waals surface area contributed by atoms with E-state index in [0.29, 0.717) is 5.58 Å². The summed E-state index contributed by atoms with van der Waals surface area (Å²) in [6, 6.07) is 3.27. The molecule has 15 heavy (non-hydrogen) atoms. The van der Waals surface area contributed by atoms with Crippen LogP contribution in [0.3, 0.4) is 0 Å². The number of aryl methyl sites for hydroxylation is 2. The SMILES string of the molecule is Cc1oc2c(C(=O)O)ccc(Br)c2c1C. The Labute approximate surface area is 94.8 Å². The summed E-state index contributed by atoms with van der Waals surface area (Å²) >= 11 is 3.39. The van der Waals surface area contributed by atoms with Gasteiger partial charge in [0.15, 0.2) is 0 Å². The van der Waals surface area contributed by atoms with E-state index in [1.807, 2.05) is 13.8 Å². The molecule has 0 atom stereocenters. The number of rotatable bonds is 1. The minimum absolute atomic E-state index is 0.199. The maximum absolute atomic E-state index is 11.0. The van der Waals surface area contributed by atoms with Crippen LogP contribution in [0.15, 0.2) is 21.0 Å². The molecule has 3 nitrogen and oxygen atoms in total. The van der Waals surface area contributed by atoms with Crippen LogP contribution in [0.5, 0.6) is 0 Å². The predicted molar refractivity (Wildman–Crippen MR) is 60.3 cm³/mol. The van der Waals surface area contributed by atoms with Gasteiger partial charge in [0.25, 0.3) is 0 Å². The highest BCUT2D eigenvalue weighted by molar-refractivity contribution is 9.10. The smallest absolute Gasteiger partial charge is 0.339 e. The average Bonchev–Trinajstić information content (AvgIpc) is 2.44. The van der Waals surface area contributed by atoms with Gasteiger partial charge in [-0.15, -0.1) is 0 Å². The maximum atomic E-state index is 11.0. The normalized spacial score (nSPS) is 10.9. The van der Waals surface area contributed by atoms with Crippen molar-refractivity contribution in [1.82, 2.24) is 0 Å². The number of carbonyl (C=O) groups is 1. The Bertz CT molecular complexity index is 554. The zero-order chi connectivity index (χ0) is 11.2. The van der Waals surface area contributed by atoms with Crippen LogP contribution in [0.2, 0.25) is 0 Å². The molecule has 0 aliphatic carbocycles. The summed E-state index contributed by atoms with van der Waals surface area (Å²) in [4.78, 5) is 11.0. The summed E-state index contributed by atoms with van der Waals surface area (Å²) in [6.45, 7) is 3.74. The third-order valence-corrected chi connectivity index (χ3v) is 3.16. The Morgan fingerprint density at radius 2 is 2.07 bits per heavy atom. The van der Waals surface area contributed by atoms with E-state index in [2.05, 4.69) is 15.9 Å². The fourth-order valence-electron chi connectivity index (χ4n) is 1.59. The molecular weight excluding hydrogens is 260 g/mol. The zero-order valence-corrected chi connectivity index (χ0v) is 9.88. The molecule has 0 bridgehead atoms. The summed E-state index contributed by atoms with van der Waals surface area (Å²) in [6.07, 6.45) is 0. The molecule has 2 rings (SSSR count). The second kappa shape index (κ2) is 3.38. The van der Waals surface area contributed by atoms with Crippen LogP contribution in [0.4, 0.5) is 0 Å². The average molecular weight is 269 g/mol. The minimum Gasteiger partial charge on any atom is -0.478 e. The molecule has 2 aromatic rings. The molecule has 0 saturated carbocycles. The van der Waals surface area contributed by atoms with Gasteiger partial charge in [-0.25, -0.2) is 4.79 Å². The number of aromatic carboxylic acids is 1. The molecule has 1 N–H and O–H groups in total. The highest BCUT2D eigenvalue weighted by Crippen LogP contribution is 2.33. The molecule has 0 spiro atoms. The van der Waals surface area contributed by atoms with Crippen molar-refractivity contribution in [2.24, 2.45) is 0 Å². The number of fused-ring (bicyclic) bond motifs is 1. The van der Waals surface area contributed by atoms with Crippen LogP contribution >= 0.6 is 15.9 Å². The van der Waals surface area contributed by atoms with Crippen LogP contribution in [0.1, 0.15) is 21.7 Å². The molecule has 1 heterocycles. The summed E-state index contributed by atoms with van der Waals surface area (Å²) in [7, 11) is 0. The first-order valence-corrected chi connectivity index (χ1v) is 5.23. The molecular formula is C11H9BrO3. The van der Waals surface area contributed by atoms with E-state index in [0.717, 1.165) is 21.2 Å². The van der Waals surface area contributed by atoms with Gasteiger partial charge >= 0.3 is 5.97 Å². The summed E-state index contributed by atoms with van der Waals surface area (Å²) in [5.41, 5.74) is 1.61. The van der Waals surface area contributed by atoms with Gasteiger partial charge in [0, 0.05) is 9.86 Å². The van der Waals surface area contributed by atoms with E-state index in [4.69, 9.17) is 9.52 Å². The Balaban J connectivity index is 2.95. The largest absolute Gasteiger partial charge is 0.478 e. The lowest BCUT2D eigenvalue weighted by Gasteiger charge is -1.98. The highest BCUT2D eigenvalue weighted by atomic mass is 79.9. The third-order valence-electron chi connectivity index (χ3n) is 2.50. The second-order valence-electron chi connectivity index (χ2n) is 3.39. The van der Waals surface area contributed by atoms with E-state index in [1.165, 1.54) is 6.07 Å². The van der Waals surface area contributed by atoms with Crippen molar-refractivity contribution in [2.45, 2.75) is 13.8 Å². The van der Waals surface area contributed by atoms with Crippen molar-refractivity contribution in [3.05, 3.63) is 33.5 Å². The van der Waals surface area contributed by atoms with Gasteiger partial charge in [0.2, 0.25) is 0 Å². The summed E-state index contributed by atoms with van der Waals surface area (Å²) in [5.74, 6) is -0.222. The fraction of sp³-hybridized carbons (Fsp3) is 0.182. The molecule has 1 aromatic heterocycles. The van der Waals surface area contributed by atoms with Gasteiger partial charge in [-0.1, -0.05) is 15.9 Å². The molecule has 0 aliphatic rings. The first kappa shape index (κ1) is 10.2. The number of carboxylic acid groups (broad SMARTS) is 1. The first-order valence-electron chi connectivity index (χ1n) is 4.44. The second-order valence-corrected chi connectivity index (χ2v) is 4.24. The molecule has 0 unspecified atom stereocenters. The van der Waals surface area contributed by atoms with Gasteiger partial charge in [0.05, 0.1) is 0 Å². The Hall–Kier alpha value is -1.29. The van der Waals surface area contributed by atoms with E-state index >= 15 is 0 Å². The molecule has 4 heteroatoms. The predicted octanol–water partition coefficient (Wildman–Crippen LogP) is 3.51. The highest BCUT2D eigenvalue weighted by Gasteiger charge is 2.17. The van der Waals surface area contributed by atoms with Gasteiger partial charge in [-0.2, -0.15) is 0 Å². The summed E-state index contributed by atoms with van der Waals surface area (Å²) in [5, 5.41) is 9.84. The maximum Gasteiger partial charge on any atom is 0.339 e. The molecule has 78 valence electrons. The van der Waals surface area contributed by atoms with E-state index < -0.39 is 5.97 Å². The minimum atomic E-state index is -0.971. The number of halogens is 1. The standard InChI is InChI=1S/C11H9BrO3/c1-5-6(2)15-10-7(11(13)14)3-4-8(12)9(5)10/h3-4H,1-2H3,(H,13,14). The zero-order valence-electron chi connectivity index (χ0n) is 8.30. The van der Waals surface area contributed by atoms with Gasteiger partial charge in [0.1, 0.15) is 16.9 Å². The van der Waals surface area contributed by atoms with Crippen LogP contribution < -0.4 is 0 Å². The van der Waals surface area contributed by atoms with E-state index in [9.17, 15) is 4.79 Å². The summed E-state index contributed by atoms with van der Waals surface area (Å²) < 4.78 is 6.32. The number of furan rings is 1. The molecule has 0 fully saturated rings. The van der Waals surface area contributed by atoms with Crippen LogP contribution in [-0.2, 0) is 0 Å². The lowest BCUT2D eigenvalue weighted by molar-refractivity contribution is 0.0698. The monoisotopic (exact) mass is 268 g/mol. The van der Waals surface area contributed by atoms with E-state index in [1.54, 1.807) is 6.07 Å². The van der Waals surface area contributed by atoms with Crippen LogP contribution in [0, 0.1) is 13.8 Å². The van der Waals surface area contributed by atoms with Crippen LogP contribution in [-0.4, -0.2) is 11.1 Å². The van der Waals surface area contributed by atoms with Gasteiger partial charge in [-0.3, -0.25) is 0 Å². The van der Waals surface area contributed by atoms with Crippen molar-refractivity contribution in [3.8, 4) is 0 Å². The number of carboxylic acids is 1. The molecule has 0 amide bonds. The quantitative estimate of drug-likeness (QED) is 0.861. The van der Waals surface area contributed by atoms with Crippen molar-refractivity contribution < 1.29 is 14.3 Å². The Morgan fingerprint density at radius 1 is 1.40 bits per heavy atom. The molecule has 1 aromatic carbocycles. The number of hydrogen-bond acceptors (Lipinski definition) is 2. The van der Waals surface area contributed by atoms with Gasteiger partial charge < -0.3 is 9.52 Å². The Morgan fingerprint density at radius 3 is 2.67 bits per heavy atom. The van der Waals surface area contributed by atoms with Gasteiger partial charge in [-0.05, 0) is 31.5 Å². The Kier molecular flexibility index (Phi) is 2.31. The van der Waals surface area contributed by atoms with Crippen LogP contribution in [0.25, 0.3) is 11.0 Å². The lowest BCUT2D eigenvalue weighted by atomic mass is 10.1. The lowest BCUT2D eigenvalue weighted by Crippen LogP contribution is -1.96. The topological polar surface area (TPSA) is 50.4 Å². The number of benzene rings is 1. The van der Waals surface area contributed by atoms with Crippen molar-refractivity contribution in [3.63, 3.8) is 0 Å². The van der Waals surface area contributed by atoms with E-state index in [-0.39, 0.29) is 5.56 Å². The fourth-order valence-corrected chi connectivity index (χ4v) is 2.20. The van der Waals surface area contributed by atoms with Crippen molar-refractivity contribution in [2.75, 3.05) is 0 Å². The van der Waals surface area contributed by atoms with Crippen molar-refractivity contribution >= 4 is 32.9 Å². The molecule has 0 saturated heterocycles. The van der Waals surface area contributed by atoms with Crippen molar-refractivity contribution in [1.29, 1.82) is 0 Å². The molecule has 0 radical (unpaired) electrons. The third kappa shape index (κ3) is 1.45. The number of hydrogen-bond donors (Lipinski definition) is 1.